The number of nitrogen functional groups attached to an aromatic ring is 1. The number of hydrogen-bond acceptors (Lipinski definition) is 9. The van der Waals surface area contributed by atoms with Crippen molar-refractivity contribution in [2.45, 2.75) is 41.8 Å². The summed E-state index contributed by atoms with van der Waals surface area (Å²) in [5.41, 5.74) is 8.13. The third-order valence-electron chi connectivity index (χ3n) is 6.13. The van der Waals surface area contributed by atoms with Gasteiger partial charge in [0.15, 0.2) is 26.5 Å². The van der Waals surface area contributed by atoms with Crippen LogP contribution in [-0.2, 0) is 11.3 Å². The lowest BCUT2D eigenvalue weighted by Crippen LogP contribution is -2.49. The maximum Gasteiger partial charge on any atom is 0.405 e. The maximum atomic E-state index is 12.6. The SMILES string of the molecule is C[C@@H](NC(=O)O)C(=O)N1CCC(Cn2c(Sc3nc4cccc(Cl)c4s3)nc3c(N)ncnc32)CC1. The van der Waals surface area contributed by atoms with Gasteiger partial charge in [-0.1, -0.05) is 17.7 Å². The van der Waals surface area contributed by atoms with Crippen molar-refractivity contribution in [3.8, 4) is 0 Å². The van der Waals surface area contributed by atoms with E-state index >= 15 is 0 Å². The van der Waals surface area contributed by atoms with Crippen LogP contribution in [0.25, 0.3) is 21.4 Å². The molecule has 1 aliphatic rings. The number of nitrogens with zero attached hydrogens (tertiary/aromatic N) is 6. The quantitative estimate of drug-likeness (QED) is 0.328. The van der Waals surface area contributed by atoms with Crippen molar-refractivity contribution in [1.29, 1.82) is 0 Å². The first kappa shape index (κ1) is 24.5. The molecule has 4 heterocycles. The van der Waals surface area contributed by atoms with Gasteiger partial charge in [-0.15, -0.1) is 11.3 Å². The van der Waals surface area contributed by atoms with Crippen LogP contribution in [0.3, 0.4) is 0 Å². The summed E-state index contributed by atoms with van der Waals surface area (Å²) in [5.74, 6) is 0.373. The van der Waals surface area contributed by atoms with E-state index in [1.165, 1.54) is 29.4 Å². The highest BCUT2D eigenvalue weighted by atomic mass is 35.5. The summed E-state index contributed by atoms with van der Waals surface area (Å²) in [7, 11) is 0. The highest BCUT2D eigenvalue weighted by molar-refractivity contribution is 8.01. The van der Waals surface area contributed by atoms with Gasteiger partial charge in [-0.2, -0.15) is 0 Å². The van der Waals surface area contributed by atoms with E-state index in [0.29, 0.717) is 46.8 Å². The number of amides is 2. The Kier molecular flexibility index (Phi) is 6.86. The Balaban J connectivity index is 1.36. The van der Waals surface area contributed by atoms with E-state index in [9.17, 15) is 9.59 Å². The second-order valence-electron chi connectivity index (χ2n) is 8.55. The van der Waals surface area contributed by atoms with E-state index in [2.05, 4.69) is 15.3 Å². The Morgan fingerprint density at radius 2 is 2.08 bits per heavy atom. The third-order valence-corrected chi connectivity index (χ3v) is 8.71. The largest absolute Gasteiger partial charge is 0.465 e. The number of nitrogens with one attached hydrogen (secondary N) is 1. The number of piperidine rings is 1. The molecule has 0 unspecified atom stereocenters. The van der Waals surface area contributed by atoms with Crippen molar-refractivity contribution in [3.05, 3.63) is 29.5 Å². The van der Waals surface area contributed by atoms with Gasteiger partial charge in [0.05, 0.1) is 15.2 Å². The number of benzene rings is 1. The van der Waals surface area contributed by atoms with Gasteiger partial charge >= 0.3 is 6.09 Å². The zero-order chi connectivity index (χ0) is 25.4. The fourth-order valence-corrected chi connectivity index (χ4v) is 6.64. The van der Waals surface area contributed by atoms with Crippen LogP contribution in [0, 0.1) is 5.92 Å². The average Bonchev–Trinajstić information content (AvgIpc) is 3.42. The van der Waals surface area contributed by atoms with Crippen LogP contribution in [-0.4, -0.2) is 65.6 Å². The Bertz CT molecular complexity index is 1450. The summed E-state index contributed by atoms with van der Waals surface area (Å²) >= 11 is 9.28. The van der Waals surface area contributed by atoms with Crippen molar-refractivity contribution >= 4 is 73.9 Å². The first-order valence-electron chi connectivity index (χ1n) is 11.3. The van der Waals surface area contributed by atoms with Crippen LogP contribution >= 0.6 is 34.7 Å². The molecule has 0 spiro atoms. The van der Waals surface area contributed by atoms with Gasteiger partial charge in [0, 0.05) is 19.6 Å². The molecule has 0 radical (unpaired) electrons. The zero-order valence-corrected chi connectivity index (χ0v) is 21.6. The first-order valence-corrected chi connectivity index (χ1v) is 13.3. The fourth-order valence-electron chi connectivity index (χ4n) is 4.31. The van der Waals surface area contributed by atoms with Crippen LogP contribution in [0.2, 0.25) is 5.02 Å². The number of thiazole rings is 1. The predicted molar refractivity (Wildman–Crippen MR) is 138 cm³/mol. The summed E-state index contributed by atoms with van der Waals surface area (Å²) in [6.45, 7) is 3.31. The van der Waals surface area contributed by atoms with Crippen molar-refractivity contribution in [1.82, 2.24) is 34.7 Å². The van der Waals surface area contributed by atoms with Gasteiger partial charge in [-0.3, -0.25) is 4.79 Å². The molecule has 3 aromatic heterocycles. The summed E-state index contributed by atoms with van der Waals surface area (Å²) in [4.78, 5) is 43.1. The minimum Gasteiger partial charge on any atom is -0.465 e. The van der Waals surface area contributed by atoms with E-state index < -0.39 is 12.1 Å². The number of likely N-dealkylation sites (tertiary alicyclic amines) is 1. The Labute approximate surface area is 219 Å². The summed E-state index contributed by atoms with van der Waals surface area (Å²) < 4.78 is 3.77. The molecule has 1 aromatic carbocycles. The number of rotatable bonds is 6. The van der Waals surface area contributed by atoms with Gasteiger partial charge in [0.25, 0.3) is 0 Å². The van der Waals surface area contributed by atoms with Crippen LogP contribution < -0.4 is 11.1 Å². The molecule has 4 N–H and O–H groups in total. The summed E-state index contributed by atoms with van der Waals surface area (Å²) in [6.07, 6.45) is 1.76. The van der Waals surface area contributed by atoms with E-state index in [-0.39, 0.29) is 11.8 Å². The Morgan fingerprint density at radius 3 is 2.81 bits per heavy atom. The monoisotopic (exact) mass is 546 g/mol. The molecule has 1 saturated heterocycles. The Hall–Kier alpha value is -3.16. The molecule has 1 atom stereocenters. The average molecular weight is 547 g/mol. The molecule has 4 aromatic rings. The molecule has 0 bridgehead atoms. The minimum absolute atomic E-state index is 0.213. The number of carbonyl (C=O) groups is 2. The number of nitrogens with two attached hydrogens (primary N) is 1. The Morgan fingerprint density at radius 1 is 1.31 bits per heavy atom. The van der Waals surface area contributed by atoms with Crippen LogP contribution in [0.4, 0.5) is 10.6 Å². The molecule has 0 aliphatic carbocycles. The van der Waals surface area contributed by atoms with Crippen LogP contribution in [0.15, 0.2) is 34.0 Å². The number of halogens is 1. The van der Waals surface area contributed by atoms with Crippen molar-refractivity contribution in [2.75, 3.05) is 18.8 Å². The van der Waals surface area contributed by atoms with Crippen molar-refractivity contribution in [3.63, 3.8) is 0 Å². The maximum absolute atomic E-state index is 12.6. The van der Waals surface area contributed by atoms with Gasteiger partial charge in [-0.05, 0) is 49.6 Å². The second kappa shape index (κ2) is 10.1. The molecule has 11 nitrogen and oxygen atoms in total. The number of fused-ring (bicyclic) bond motifs is 2. The smallest absolute Gasteiger partial charge is 0.405 e. The molecule has 1 aliphatic heterocycles. The lowest BCUT2D eigenvalue weighted by Gasteiger charge is -2.33. The van der Waals surface area contributed by atoms with Crippen LogP contribution in [0.5, 0.6) is 0 Å². The molecule has 188 valence electrons. The van der Waals surface area contributed by atoms with Crippen LogP contribution in [0.1, 0.15) is 19.8 Å². The van der Waals surface area contributed by atoms with E-state index in [0.717, 1.165) is 27.4 Å². The lowest BCUT2D eigenvalue weighted by molar-refractivity contribution is -0.134. The topological polar surface area (TPSA) is 152 Å². The fraction of sp³-hybridized carbons (Fsp3) is 0.364. The summed E-state index contributed by atoms with van der Waals surface area (Å²) in [5, 5.41) is 12.5. The van der Waals surface area contributed by atoms with Crippen molar-refractivity contribution < 1.29 is 14.7 Å². The number of hydrogen-bond donors (Lipinski definition) is 3. The van der Waals surface area contributed by atoms with Gasteiger partial charge in [-0.25, -0.2) is 24.7 Å². The molecule has 0 saturated carbocycles. The number of carboxylic acid groups (broad SMARTS) is 1. The predicted octanol–water partition coefficient (Wildman–Crippen LogP) is 3.72. The standard InChI is InChI=1S/C22H23ClN8O3S2/c1-11(27-21(33)34)19(32)30-7-5-12(6-8-30)9-31-18-15(17(24)25-10-26-18)29-20(31)36-22-28-14-4-2-3-13(23)16(14)35-22/h2-4,10-12,27H,5-9H2,1H3,(H,33,34)(H2,24,25,26)/t11-/m1/s1. The number of imidazole rings is 1. The number of aromatic nitrogens is 5. The first-order chi connectivity index (χ1) is 17.3. The molecule has 36 heavy (non-hydrogen) atoms. The second-order valence-corrected chi connectivity index (χ2v) is 11.2. The van der Waals surface area contributed by atoms with E-state index in [1.807, 2.05) is 22.8 Å². The molecular formula is C22H23ClN8O3S2. The molecule has 14 heteroatoms. The lowest BCUT2D eigenvalue weighted by atomic mass is 9.96. The minimum atomic E-state index is -1.21. The molecule has 2 amide bonds. The van der Waals surface area contributed by atoms with Gasteiger partial charge in [0.1, 0.15) is 12.4 Å². The molecule has 1 fully saturated rings. The summed E-state index contributed by atoms with van der Waals surface area (Å²) in [6, 6.07) is 4.87. The molecule has 5 rings (SSSR count). The van der Waals surface area contributed by atoms with Crippen molar-refractivity contribution in [2.24, 2.45) is 5.92 Å². The molecular weight excluding hydrogens is 524 g/mol. The van der Waals surface area contributed by atoms with E-state index in [4.69, 9.17) is 32.4 Å². The highest BCUT2D eigenvalue weighted by Crippen LogP contribution is 2.38. The third kappa shape index (κ3) is 4.90. The van der Waals surface area contributed by atoms with Gasteiger partial charge < -0.3 is 25.6 Å². The normalized spacial score (nSPS) is 15.4. The number of carbonyl (C=O) groups excluding carboxylic acids is 1. The van der Waals surface area contributed by atoms with Gasteiger partial charge in [0.2, 0.25) is 5.91 Å². The highest BCUT2D eigenvalue weighted by Gasteiger charge is 2.28. The zero-order valence-electron chi connectivity index (χ0n) is 19.2. The van der Waals surface area contributed by atoms with E-state index in [1.54, 1.807) is 11.8 Å². The number of anilines is 1.